The molecule has 4 rings (SSSR count). The van der Waals surface area contributed by atoms with E-state index in [-0.39, 0.29) is 0 Å². The van der Waals surface area contributed by atoms with Gasteiger partial charge in [-0.1, -0.05) is 55.8 Å². The lowest BCUT2D eigenvalue weighted by Crippen LogP contribution is -1.96. The average Bonchev–Trinajstić information content (AvgIpc) is 2.77. The van der Waals surface area contributed by atoms with Crippen molar-refractivity contribution in [3.8, 4) is 11.1 Å². The Balaban J connectivity index is 1.80. The highest BCUT2D eigenvalue weighted by molar-refractivity contribution is 5.82. The molecule has 0 saturated heterocycles. The fourth-order valence-corrected chi connectivity index (χ4v) is 4.23. The van der Waals surface area contributed by atoms with Crippen LogP contribution in [0, 0.1) is 12.8 Å². The third kappa shape index (κ3) is 2.22. The Bertz CT molecular complexity index is 749. The molecule has 0 nitrogen and oxygen atoms in total. The highest BCUT2D eigenvalue weighted by Crippen LogP contribution is 2.41. The maximum Gasteiger partial charge on any atom is -0.00106 e. The second-order valence-corrected chi connectivity index (χ2v) is 7.01. The molecule has 0 saturated carbocycles. The summed E-state index contributed by atoms with van der Waals surface area (Å²) in [5.74, 6) is 0.724. The van der Waals surface area contributed by atoms with E-state index in [2.05, 4.69) is 56.3 Å². The molecule has 2 aliphatic rings. The molecular weight excluding hydrogens is 264 g/mol. The van der Waals surface area contributed by atoms with Crippen molar-refractivity contribution in [1.29, 1.82) is 0 Å². The summed E-state index contributed by atoms with van der Waals surface area (Å²) in [5, 5.41) is 0. The minimum atomic E-state index is 0.724. The van der Waals surface area contributed by atoms with Gasteiger partial charge in [-0.2, -0.15) is 0 Å². The molecule has 1 unspecified atom stereocenters. The van der Waals surface area contributed by atoms with E-state index >= 15 is 0 Å². The van der Waals surface area contributed by atoms with E-state index in [1.807, 2.05) is 0 Å². The van der Waals surface area contributed by atoms with Gasteiger partial charge in [0, 0.05) is 0 Å². The zero-order chi connectivity index (χ0) is 15.1. The van der Waals surface area contributed by atoms with Crippen LogP contribution in [-0.4, -0.2) is 0 Å². The van der Waals surface area contributed by atoms with Crippen LogP contribution in [0.3, 0.4) is 0 Å². The first-order chi connectivity index (χ1) is 10.7. The number of hydrogen-bond donors (Lipinski definition) is 0. The predicted molar refractivity (Wildman–Crippen MR) is 95.0 cm³/mol. The van der Waals surface area contributed by atoms with E-state index in [9.17, 15) is 0 Å². The number of hydrogen-bond acceptors (Lipinski definition) is 0. The molecular formula is C22H24. The molecule has 2 aromatic rings. The number of rotatable bonds is 1. The zero-order valence-corrected chi connectivity index (χ0v) is 13.7. The Morgan fingerprint density at radius 2 is 1.73 bits per heavy atom. The van der Waals surface area contributed by atoms with Crippen LogP contribution in [0.4, 0.5) is 0 Å². The predicted octanol–water partition coefficient (Wildman–Crippen LogP) is 6.16. The Morgan fingerprint density at radius 3 is 2.64 bits per heavy atom. The van der Waals surface area contributed by atoms with Gasteiger partial charge in [0.2, 0.25) is 0 Å². The van der Waals surface area contributed by atoms with Crippen molar-refractivity contribution in [1.82, 2.24) is 0 Å². The minimum absolute atomic E-state index is 0.724. The van der Waals surface area contributed by atoms with Crippen LogP contribution in [0.1, 0.15) is 54.9 Å². The van der Waals surface area contributed by atoms with E-state index < -0.39 is 0 Å². The van der Waals surface area contributed by atoms with E-state index in [0.29, 0.717) is 0 Å². The molecule has 0 spiro atoms. The van der Waals surface area contributed by atoms with Crippen LogP contribution < -0.4 is 0 Å². The number of allylic oxidation sites excluding steroid dienone is 2. The van der Waals surface area contributed by atoms with Crippen molar-refractivity contribution < 1.29 is 0 Å². The Labute approximate surface area is 133 Å². The van der Waals surface area contributed by atoms with Gasteiger partial charge in [0.1, 0.15) is 0 Å². The largest absolute Gasteiger partial charge is 0.0779 e. The fourth-order valence-electron chi connectivity index (χ4n) is 4.23. The zero-order valence-electron chi connectivity index (χ0n) is 13.7. The first-order valence-electron chi connectivity index (χ1n) is 8.66. The van der Waals surface area contributed by atoms with Gasteiger partial charge >= 0.3 is 0 Å². The third-order valence-electron chi connectivity index (χ3n) is 5.46. The van der Waals surface area contributed by atoms with Gasteiger partial charge in [0.15, 0.2) is 0 Å². The lowest BCUT2D eigenvalue weighted by Gasteiger charge is -2.14. The van der Waals surface area contributed by atoms with E-state index in [4.69, 9.17) is 0 Å². The van der Waals surface area contributed by atoms with E-state index in [1.54, 1.807) is 11.1 Å². The van der Waals surface area contributed by atoms with Crippen molar-refractivity contribution >= 4 is 5.57 Å². The minimum Gasteiger partial charge on any atom is -0.0779 e. The summed E-state index contributed by atoms with van der Waals surface area (Å²) < 4.78 is 0. The molecule has 0 heteroatoms. The third-order valence-corrected chi connectivity index (χ3v) is 5.46. The molecule has 0 bridgehead atoms. The molecule has 112 valence electrons. The first kappa shape index (κ1) is 13.8. The van der Waals surface area contributed by atoms with Gasteiger partial charge < -0.3 is 0 Å². The fraction of sp³-hybridized carbons (Fsp3) is 0.364. The Hall–Kier alpha value is -1.82. The van der Waals surface area contributed by atoms with Gasteiger partial charge in [-0.25, -0.2) is 0 Å². The molecule has 22 heavy (non-hydrogen) atoms. The van der Waals surface area contributed by atoms with Crippen molar-refractivity contribution in [3.05, 3.63) is 64.7 Å². The highest BCUT2D eigenvalue weighted by Gasteiger charge is 2.22. The van der Waals surface area contributed by atoms with Gasteiger partial charge in [-0.05, 0) is 77.5 Å². The maximum absolute atomic E-state index is 2.53. The van der Waals surface area contributed by atoms with Crippen LogP contribution in [0.15, 0.2) is 42.5 Å². The van der Waals surface area contributed by atoms with Gasteiger partial charge in [-0.3, -0.25) is 0 Å². The Morgan fingerprint density at radius 1 is 0.909 bits per heavy atom. The monoisotopic (exact) mass is 288 g/mol. The molecule has 2 aliphatic carbocycles. The van der Waals surface area contributed by atoms with Crippen molar-refractivity contribution in [3.63, 3.8) is 0 Å². The second-order valence-electron chi connectivity index (χ2n) is 7.01. The summed E-state index contributed by atoms with van der Waals surface area (Å²) in [7, 11) is 0. The summed E-state index contributed by atoms with van der Waals surface area (Å²) in [6.45, 7) is 4.69. The van der Waals surface area contributed by atoms with E-state index in [1.165, 1.54) is 53.5 Å². The summed E-state index contributed by atoms with van der Waals surface area (Å²) >= 11 is 0. The lowest BCUT2D eigenvalue weighted by molar-refractivity contribution is 0.605. The van der Waals surface area contributed by atoms with Crippen LogP contribution >= 0.6 is 0 Å². The summed E-state index contributed by atoms with van der Waals surface area (Å²) in [6.07, 6.45) is 8.94. The van der Waals surface area contributed by atoms with Crippen LogP contribution in [0.2, 0.25) is 0 Å². The van der Waals surface area contributed by atoms with Crippen molar-refractivity contribution in [2.24, 2.45) is 5.92 Å². The summed E-state index contributed by atoms with van der Waals surface area (Å²) in [4.78, 5) is 0. The smallest absolute Gasteiger partial charge is 0.00106 e. The standard InChI is InChI=1S/C22H24/c1-15-7-3-4-8-17(13-15)19-11-12-21-20-10-6-5-9-18(20)14-22(21)16(19)2/h5-6,9-13,15H,3-4,7-8,14H2,1-2H3. The normalized spacial score (nSPS) is 20.1. The van der Waals surface area contributed by atoms with Crippen molar-refractivity contribution in [2.75, 3.05) is 0 Å². The van der Waals surface area contributed by atoms with Gasteiger partial charge in [-0.15, -0.1) is 0 Å². The molecule has 1 atom stereocenters. The second kappa shape index (κ2) is 5.43. The number of benzene rings is 2. The molecule has 0 N–H and O–H groups in total. The van der Waals surface area contributed by atoms with Crippen molar-refractivity contribution in [2.45, 2.75) is 46.0 Å². The van der Waals surface area contributed by atoms with Gasteiger partial charge in [0.05, 0.1) is 0 Å². The first-order valence-corrected chi connectivity index (χ1v) is 8.66. The molecule has 0 amide bonds. The quantitative estimate of drug-likeness (QED) is 0.503. The molecule has 0 aromatic heterocycles. The molecule has 0 aliphatic heterocycles. The van der Waals surface area contributed by atoms with Crippen LogP contribution in [0.5, 0.6) is 0 Å². The lowest BCUT2D eigenvalue weighted by atomic mass is 9.90. The maximum atomic E-state index is 2.53. The topological polar surface area (TPSA) is 0 Å². The van der Waals surface area contributed by atoms with Gasteiger partial charge in [0.25, 0.3) is 0 Å². The SMILES string of the molecule is Cc1c(C2=CC(C)CCCC2)ccc2c1Cc1ccccc1-2. The molecule has 0 fully saturated rings. The van der Waals surface area contributed by atoms with E-state index in [0.717, 1.165) is 12.3 Å². The highest BCUT2D eigenvalue weighted by atomic mass is 14.3. The summed E-state index contributed by atoms with van der Waals surface area (Å²) in [6, 6.07) is 13.6. The molecule has 0 radical (unpaired) electrons. The Kier molecular flexibility index (Phi) is 3.41. The molecule has 2 aromatic carbocycles. The average molecular weight is 288 g/mol. The van der Waals surface area contributed by atoms with Crippen LogP contribution in [0.25, 0.3) is 16.7 Å². The number of fused-ring (bicyclic) bond motifs is 3. The van der Waals surface area contributed by atoms with Crippen LogP contribution in [-0.2, 0) is 6.42 Å². The molecule has 0 heterocycles. The summed E-state index contributed by atoms with van der Waals surface area (Å²) in [5.41, 5.74) is 10.5.